The van der Waals surface area contributed by atoms with E-state index in [1.807, 2.05) is 0 Å². The van der Waals surface area contributed by atoms with E-state index in [4.69, 9.17) is 0 Å². The minimum atomic E-state index is -0.569. The molecule has 0 radical (unpaired) electrons. The van der Waals surface area contributed by atoms with Crippen molar-refractivity contribution in [3.8, 4) is 0 Å². The fourth-order valence-electron chi connectivity index (χ4n) is 0. The van der Waals surface area contributed by atoms with Gasteiger partial charge in [0.15, 0.2) is 0 Å². The van der Waals surface area contributed by atoms with Gasteiger partial charge in [0.1, 0.15) is 0 Å². The summed E-state index contributed by atoms with van der Waals surface area (Å²) in [5, 5.41) is 0. The zero-order valence-corrected chi connectivity index (χ0v) is 9.99. The van der Waals surface area contributed by atoms with Crippen LogP contribution in [-0.4, -0.2) is 0 Å². The summed E-state index contributed by atoms with van der Waals surface area (Å²) in [4.78, 5) is 0. The van der Waals surface area contributed by atoms with Crippen LogP contribution in [0.5, 0.6) is 0 Å². The van der Waals surface area contributed by atoms with Crippen LogP contribution in [0.4, 0.5) is 0 Å². The first-order chi connectivity index (χ1) is 1.73. The average molecular weight is 426 g/mol. The summed E-state index contributed by atoms with van der Waals surface area (Å²) in [5.41, 5.74) is 0. The van der Waals surface area contributed by atoms with Crippen LogP contribution in [0.1, 0.15) is 0 Å². The Labute approximate surface area is 61.3 Å². The Balaban J connectivity index is 2.32. The van der Waals surface area contributed by atoms with Crippen molar-refractivity contribution < 1.29 is 8.97 Å². The van der Waals surface area contributed by atoms with Crippen LogP contribution < -0.4 is 0 Å². The van der Waals surface area contributed by atoms with Gasteiger partial charge in [-0.2, -0.15) is 0 Å². The third-order valence-corrected chi connectivity index (χ3v) is 0. The standard InChI is InChI=1S/3HI.Sc/h3*1H;/q;;;+3/p-3. The summed E-state index contributed by atoms with van der Waals surface area (Å²) in [6, 6.07) is 0. The van der Waals surface area contributed by atoms with E-state index in [2.05, 4.69) is 54.4 Å². The van der Waals surface area contributed by atoms with Gasteiger partial charge in [-0.05, 0) is 0 Å². The van der Waals surface area contributed by atoms with Gasteiger partial charge < -0.3 is 0 Å². The van der Waals surface area contributed by atoms with E-state index in [0.29, 0.717) is 0 Å². The first-order valence-corrected chi connectivity index (χ1v) is 18.1. The maximum atomic E-state index is 2.50. The molecule has 24 valence electrons. The van der Waals surface area contributed by atoms with E-state index < -0.39 is 8.97 Å². The third kappa shape index (κ3) is 8.91. The Morgan fingerprint density at radius 2 is 1.00 bits per heavy atom. The van der Waals surface area contributed by atoms with Crippen LogP contribution in [0.2, 0.25) is 0 Å². The van der Waals surface area contributed by atoms with Crippen molar-refractivity contribution in [2.75, 3.05) is 0 Å². The number of hydrogen-bond acceptors (Lipinski definition) is 0. The normalized spacial score (nSPS) is 6.75. The molecule has 0 aliphatic heterocycles. The van der Waals surface area contributed by atoms with Gasteiger partial charge in [0, 0.05) is 0 Å². The van der Waals surface area contributed by atoms with Gasteiger partial charge >= 0.3 is 63.4 Å². The topological polar surface area (TPSA) is 0 Å². The molecule has 0 saturated heterocycles. The second-order valence-electron chi connectivity index (χ2n) is 0.247. The quantitative estimate of drug-likeness (QED) is 0.524. The van der Waals surface area contributed by atoms with Gasteiger partial charge in [-0.25, -0.2) is 0 Å². The maximum absolute atomic E-state index is 2.50. The fourth-order valence-corrected chi connectivity index (χ4v) is 0. The van der Waals surface area contributed by atoms with Gasteiger partial charge in [-0.1, -0.05) is 0 Å². The predicted octanol–water partition coefficient (Wildman–Crippen LogP) is 2.65. The Morgan fingerprint density at radius 1 is 1.00 bits per heavy atom. The molecule has 0 bridgehead atoms. The SMILES string of the molecule is [I][Sc]([I])[I]. The predicted molar refractivity (Wildman–Crippen MR) is 42.1 cm³/mol. The zero-order valence-electron chi connectivity index (χ0n) is 1.71. The molecule has 0 fully saturated rings. The summed E-state index contributed by atoms with van der Waals surface area (Å²) < 4.78 is 0. The first-order valence-electron chi connectivity index (χ1n) is 0.655. The summed E-state index contributed by atoms with van der Waals surface area (Å²) in [5.74, 6) is 0. The molecule has 0 spiro atoms. The second kappa shape index (κ2) is 4.23. The number of halogens is 3. The van der Waals surface area contributed by atoms with Crippen LogP contribution in [0.25, 0.3) is 0 Å². The molecule has 0 nitrogen and oxygen atoms in total. The van der Waals surface area contributed by atoms with Gasteiger partial charge in [0.2, 0.25) is 0 Å². The van der Waals surface area contributed by atoms with Crippen LogP contribution in [0.3, 0.4) is 0 Å². The van der Waals surface area contributed by atoms with E-state index in [1.165, 1.54) is 0 Å². The molecule has 0 aromatic rings. The van der Waals surface area contributed by atoms with E-state index in [-0.39, 0.29) is 0 Å². The Bertz CT molecular complexity index is 8.00. The summed E-state index contributed by atoms with van der Waals surface area (Å²) in [7, 11) is -0.569. The molecule has 0 heterocycles. The molecule has 0 aromatic heterocycles. The molecule has 0 saturated carbocycles. The molecule has 0 amide bonds. The van der Waals surface area contributed by atoms with Crippen molar-refractivity contribution in [1.29, 1.82) is 0 Å². The summed E-state index contributed by atoms with van der Waals surface area (Å²) in [6.45, 7) is 0. The van der Waals surface area contributed by atoms with Crippen molar-refractivity contribution in [3.63, 3.8) is 0 Å². The zero-order chi connectivity index (χ0) is 3.58. The van der Waals surface area contributed by atoms with Crippen LogP contribution >= 0.6 is 54.4 Å². The van der Waals surface area contributed by atoms with E-state index in [9.17, 15) is 0 Å². The Kier molecular flexibility index (Phi) is 7.46. The number of hydrogen-bond donors (Lipinski definition) is 0. The van der Waals surface area contributed by atoms with Gasteiger partial charge in [-0.15, -0.1) is 0 Å². The van der Waals surface area contributed by atoms with Crippen LogP contribution in [0.15, 0.2) is 0 Å². The van der Waals surface area contributed by atoms with Crippen molar-refractivity contribution in [1.82, 2.24) is 0 Å². The molecule has 0 N–H and O–H groups in total. The second-order valence-corrected chi connectivity index (χ2v) is 45.9. The molecule has 4 heavy (non-hydrogen) atoms. The molecule has 0 aliphatic rings. The fraction of sp³-hybridized carbons (Fsp3) is 0. The van der Waals surface area contributed by atoms with E-state index in [0.717, 1.165) is 0 Å². The molecule has 4 heteroatoms. The molecular formula is I3Sc. The van der Waals surface area contributed by atoms with Crippen LogP contribution in [-0.2, 0) is 8.97 Å². The van der Waals surface area contributed by atoms with Gasteiger partial charge in [0.25, 0.3) is 0 Å². The molecular weight excluding hydrogens is 426 g/mol. The first kappa shape index (κ1) is 7.06. The van der Waals surface area contributed by atoms with E-state index >= 15 is 0 Å². The third-order valence-electron chi connectivity index (χ3n) is 0. The van der Waals surface area contributed by atoms with Crippen molar-refractivity contribution in [3.05, 3.63) is 0 Å². The van der Waals surface area contributed by atoms with Crippen LogP contribution in [0, 0.1) is 0 Å². The summed E-state index contributed by atoms with van der Waals surface area (Å²) >= 11 is 7.51. The Morgan fingerprint density at radius 3 is 1.00 bits per heavy atom. The molecule has 0 atom stereocenters. The van der Waals surface area contributed by atoms with Crippen molar-refractivity contribution in [2.24, 2.45) is 0 Å². The number of rotatable bonds is 0. The summed E-state index contributed by atoms with van der Waals surface area (Å²) in [6.07, 6.45) is 0. The molecule has 0 rings (SSSR count). The van der Waals surface area contributed by atoms with E-state index in [1.54, 1.807) is 0 Å². The van der Waals surface area contributed by atoms with Gasteiger partial charge in [-0.3, -0.25) is 0 Å². The van der Waals surface area contributed by atoms with Crippen molar-refractivity contribution >= 4 is 54.4 Å². The van der Waals surface area contributed by atoms with Gasteiger partial charge in [0.05, 0.1) is 0 Å². The molecule has 0 unspecified atom stereocenters. The average Bonchev–Trinajstić information content (AvgIpc) is 0.811. The monoisotopic (exact) mass is 426 g/mol. The van der Waals surface area contributed by atoms with Crippen molar-refractivity contribution in [2.45, 2.75) is 0 Å². The molecule has 0 aliphatic carbocycles. The molecule has 0 aromatic carbocycles. The Hall–Kier alpha value is 3.06. The minimum absolute atomic E-state index is 0.569.